The quantitative estimate of drug-likeness (QED) is 0.447. The van der Waals surface area contributed by atoms with E-state index in [2.05, 4.69) is 4.90 Å². The van der Waals surface area contributed by atoms with E-state index in [-0.39, 0.29) is 36.0 Å². The highest BCUT2D eigenvalue weighted by atomic mass is 16.5. The van der Waals surface area contributed by atoms with Gasteiger partial charge in [0.25, 0.3) is 0 Å². The topological polar surface area (TPSA) is 99.7 Å². The van der Waals surface area contributed by atoms with Crippen molar-refractivity contribution in [2.45, 2.75) is 32.2 Å². The van der Waals surface area contributed by atoms with E-state index in [1.165, 1.54) is 0 Å². The number of amides is 1. The number of nitrogens with one attached hydrogen (secondary N) is 1. The number of carbonyl (C=O) groups is 2. The molecule has 2 fully saturated rings. The van der Waals surface area contributed by atoms with E-state index >= 15 is 0 Å². The van der Waals surface area contributed by atoms with Gasteiger partial charge in [-0.15, -0.1) is 0 Å². The van der Waals surface area contributed by atoms with Gasteiger partial charge < -0.3 is 15.4 Å². The van der Waals surface area contributed by atoms with E-state index in [9.17, 15) is 9.59 Å². The number of benzene rings is 1. The number of ketones is 1. The third-order valence-corrected chi connectivity index (χ3v) is 5.65. The Labute approximate surface area is 160 Å². The molecular formula is C20H28N4O3. The van der Waals surface area contributed by atoms with Gasteiger partial charge in [-0.25, -0.2) is 0 Å². The maximum absolute atomic E-state index is 12.8. The standard InChI is InChI=1S/C20H28N4O3/c1-13-11-15(3-4-17(13)27-2)19(25)14-5-8-23(9-6-14)16-7-10-24(20(16)26)12-18(21)22/h3-4,11,14,16H,5-10,12H2,1-2H3,(H3,21,22). The summed E-state index contributed by atoms with van der Waals surface area (Å²) in [6.45, 7) is 4.29. The van der Waals surface area contributed by atoms with Gasteiger partial charge in [-0.05, 0) is 63.0 Å². The molecule has 1 amide bonds. The Morgan fingerprint density at radius 2 is 1.96 bits per heavy atom. The summed E-state index contributed by atoms with van der Waals surface area (Å²) in [7, 11) is 1.63. The second kappa shape index (κ2) is 8.08. The minimum Gasteiger partial charge on any atom is -0.496 e. The molecule has 0 bridgehead atoms. The molecule has 1 aromatic carbocycles. The van der Waals surface area contributed by atoms with Gasteiger partial charge in [-0.3, -0.25) is 19.9 Å². The SMILES string of the molecule is COc1ccc(C(=O)C2CCN(C3CCN(CC(=N)N)C3=O)CC2)cc1C. The largest absolute Gasteiger partial charge is 0.496 e. The lowest BCUT2D eigenvalue weighted by molar-refractivity contribution is -0.131. The summed E-state index contributed by atoms with van der Waals surface area (Å²) >= 11 is 0. The summed E-state index contributed by atoms with van der Waals surface area (Å²) in [5, 5.41) is 7.38. The van der Waals surface area contributed by atoms with E-state index in [0.717, 1.165) is 49.2 Å². The number of rotatable bonds is 6. The van der Waals surface area contributed by atoms with E-state index < -0.39 is 0 Å². The maximum Gasteiger partial charge on any atom is 0.240 e. The average Bonchev–Trinajstić information content (AvgIpc) is 3.01. The Bertz CT molecular complexity index is 741. The zero-order chi connectivity index (χ0) is 19.6. The molecule has 146 valence electrons. The van der Waals surface area contributed by atoms with Crippen molar-refractivity contribution < 1.29 is 14.3 Å². The van der Waals surface area contributed by atoms with Crippen molar-refractivity contribution >= 4 is 17.5 Å². The zero-order valence-corrected chi connectivity index (χ0v) is 16.0. The highest BCUT2D eigenvalue weighted by molar-refractivity contribution is 5.98. The van der Waals surface area contributed by atoms with Crippen LogP contribution in [-0.4, -0.2) is 66.7 Å². The van der Waals surface area contributed by atoms with Crippen molar-refractivity contribution in [3.8, 4) is 5.75 Å². The predicted octanol–water partition coefficient (Wildman–Crippen LogP) is 1.44. The van der Waals surface area contributed by atoms with Gasteiger partial charge in [0, 0.05) is 18.0 Å². The minimum atomic E-state index is -0.136. The lowest BCUT2D eigenvalue weighted by Crippen LogP contribution is -2.47. The summed E-state index contributed by atoms with van der Waals surface area (Å²) in [6, 6.07) is 5.44. The highest BCUT2D eigenvalue weighted by Crippen LogP contribution is 2.28. The first-order chi connectivity index (χ1) is 12.9. The number of amidine groups is 1. The molecule has 7 heteroatoms. The van der Waals surface area contributed by atoms with Crippen LogP contribution >= 0.6 is 0 Å². The van der Waals surface area contributed by atoms with Crippen LogP contribution < -0.4 is 10.5 Å². The number of nitrogens with zero attached hydrogens (tertiary/aromatic N) is 2. The van der Waals surface area contributed by atoms with Crippen LogP contribution in [0.1, 0.15) is 35.2 Å². The van der Waals surface area contributed by atoms with Crippen LogP contribution in [0.4, 0.5) is 0 Å². The van der Waals surface area contributed by atoms with Crippen molar-refractivity contribution in [3.05, 3.63) is 29.3 Å². The number of nitrogens with two attached hydrogens (primary N) is 1. The molecule has 0 radical (unpaired) electrons. The van der Waals surface area contributed by atoms with Crippen LogP contribution in [0, 0.1) is 18.3 Å². The molecule has 1 atom stereocenters. The fourth-order valence-electron chi connectivity index (χ4n) is 4.16. The van der Waals surface area contributed by atoms with Crippen LogP contribution in [0.25, 0.3) is 0 Å². The molecule has 2 aliphatic rings. The Hall–Kier alpha value is -2.41. The molecule has 2 aliphatic heterocycles. The van der Waals surface area contributed by atoms with Gasteiger partial charge in [0.15, 0.2) is 5.78 Å². The van der Waals surface area contributed by atoms with Crippen molar-refractivity contribution in [1.82, 2.24) is 9.80 Å². The number of methoxy groups -OCH3 is 1. The minimum absolute atomic E-state index is 0.00104. The maximum atomic E-state index is 12.8. The summed E-state index contributed by atoms with van der Waals surface area (Å²) in [6.07, 6.45) is 2.29. The van der Waals surface area contributed by atoms with Gasteiger partial charge in [0.05, 0.1) is 19.7 Å². The highest BCUT2D eigenvalue weighted by Gasteiger charge is 2.38. The normalized spacial score (nSPS) is 21.5. The van der Waals surface area contributed by atoms with E-state index in [4.69, 9.17) is 15.9 Å². The molecule has 27 heavy (non-hydrogen) atoms. The van der Waals surface area contributed by atoms with Crippen molar-refractivity contribution in [3.63, 3.8) is 0 Å². The second-order valence-electron chi connectivity index (χ2n) is 7.45. The monoisotopic (exact) mass is 372 g/mol. The molecule has 7 nitrogen and oxygen atoms in total. The third-order valence-electron chi connectivity index (χ3n) is 5.65. The Morgan fingerprint density at radius 3 is 2.56 bits per heavy atom. The van der Waals surface area contributed by atoms with Gasteiger partial charge >= 0.3 is 0 Å². The number of hydrogen-bond acceptors (Lipinski definition) is 5. The summed E-state index contributed by atoms with van der Waals surface area (Å²) in [5.74, 6) is 1.04. The first-order valence-corrected chi connectivity index (χ1v) is 9.45. The molecule has 0 saturated carbocycles. The number of carbonyl (C=O) groups excluding carboxylic acids is 2. The molecule has 0 spiro atoms. The molecule has 0 aromatic heterocycles. The summed E-state index contributed by atoms with van der Waals surface area (Å²) in [5.41, 5.74) is 7.12. The fourth-order valence-corrected chi connectivity index (χ4v) is 4.16. The molecule has 0 aliphatic carbocycles. The van der Waals surface area contributed by atoms with Gasteiger partial charge in [-0.2, -0.15) is 0 Å². The van der Waals surface area contributed by atoms with E-state index in [1.807, 2.05) is 25.1 Å². The Balaban J connectivity index is 1.57. The average molecular weight is 372 g/mol. The number of Topliss-reactive ketones (excluding diaryl/α,β-unsaturated/α-hetero) is 1. The molecule has 3 N–H and O–H groups in total. The van der Waals surface area contributed by atoms with Crippen LogP contribution in [0.3, 0.4) is 0 Å². The van der Waals surface area contributed by atoms with Gasteiger partial charge in [0.1, 0.15) is 11.6 Å². The fraction of sp³-hybridized carbons (Fsp3) is 0.550. The number of likely N-dealkylation sites (tertiary alicyclic amines) is 2. The molecule has 1 unspecified atom stereocenters. The summed E-state index contributed by atoms with van der Waals surface area (Å²) < 4.78 is 5.26. The smallest absolute Gasteiger partial charge is 0.240 e. The molecule has 2 saturated heterocycles. The van der Waals surface area contributed by atoms with Gasteiger partial charge in [-0.1, -0.05) is 0 Å². The third kappa shape index (κ3) is 4.13. The number of piperidine rings is 1. The van der Waals surface area contributed by atoms with Crippen molar-refractivity contribution in [2.75, 3.05) is 33.3 Å². The molecular weight excluding hydrogens is 344 g/mol. The van der Waals surface area contributed by atoms with E-state index in [1.54, 1.807) is 12.0 Å². The van der Waals surface area contributed by atoms with Crippen LogP contribution in [-0.2, 0) is 4.79 Å². The number of aryl methyl sites for hydroxylation is 1. The van der Waals surface area contributed by atoms with E-state index in [0.29, 0.717) is 6.54 Å². The number of hydrogen-bond donors (Lipinski definition) is 2. The first kappa shape index (κ1) is 19.4. The first-order valence-electron chi connectivity index (χ1n) is 9.45. The lowest BCUT2D eigenvalue weighted by Gasteiger charge is -2.34. The van der Waals surface area contributed by atoms with Crippen molar-refractivity contribution in [2.24, 2.45) is 11.7 Å². The van der Waals surface area contributed by atoms with Gasteiger partial charge in [0.2, 0.25) is 5.91 Å². The summed E-state index contributed by atoms with van der Waals surface area (Å²) in [4.78, 5) is 29.2. The molecule has 1 aromatic rings. The zero-order valence-electron chi connectivity index (χ0n) is 16.0. The van der Waals surface area contributed by atoms with Crippen molar-refractivity contribution in [1.29, 1.82) is 5.41 Å². The second-order valence-corrected chi connectivity index (χ2v) is 7.45. The van der Waals surface area contributed by atoms with Crippen LogP contribution in [0.15, 0.2) is 18.2 Å². The molecule has 3 rings (SSSR count). The van der Waals surface area contributed by atoms with Crippen LogP contribution in [0.2, 0.25) is 0 Å². The van der Waals surface area contributed by atoms with Crippen LogP contribution in [0.5, 0.6) is 5.75 Å². The predicted molar refractivity (Wildman–Crippen MR) is 103 cm³/mol. The Morgan fingerprint density at radius 1 is 1.26 bits per heavy atom. The number of ether oxygens (including phenoxy) is 1. The Kier molecular flexibility index (Phi) is 5.79. The molecule has 2 heterocycles. The lowest BCUT2D eigenvalue weighted by atomic mass is 9.87.